The molecule has 8 heteroatoms. The molecule has 0 aromatic rings. The first kappa shape index (κ1) is 14.1. The molecule has 1 amide bonds. The molecule has 0 saturated carbocycles. The summed E-state index contributed by atoms with van der Waals surface area (Å²) in [7, 11) is 0. The molecule has 5 unspecified atom stereocenters. The zero-order valence-corrected chi connectivity index (χ0v) is 9.31. The van der Waals surface area contributed by atoms with Crippen LogP contribution in [0, 0.1) is 0 Å². The molecule has 0 aromatic heterocycles. The number of amides is 1. The van der Waals surface area contributed by atoms with Crippen LogP contribution < -0.4 is 5.32 Å². The quantitative estimate of drug-likeness (QED) is 0.376. The number of ether oxygens (including phenoxy) is 2. The van der Waals surface area contributed by atoms with Gasteiger partial charge in [-0.05, 0) is 6.92 Å². The molecule has 0 spiro atoms. The summed E-state index contributed by atoms with van der Waals surface area (Å²) in [6, 6.07) is -1.22. The Balaban J connectivity index is 2.63. The molecule has 1 rings (SSSR count). The fourth-order valence-electron chi connectivity index (χ4n) is 1.56. The summed E-state index contributed by atoms with van der Waals surface area (Å²) >= 11 is 0. The second-order valence-corrected chi connectivity index (χ2v) is 3.62. The van der Waals surface area contributed by atoms with Crippen LogP contribution in [0.15, 0.2) is 0 Å². The van der Waals surface area contributed by atoms with E-state index in [1.54, 1.807) is 6.92 Å². The van der Waals surface area contributed by atoms with E-state index in [4.69, 9.17) is 9.84 Å². The Labute approximate surface area is 97.8 Å². The van der Waals surface area contributed by atoms with Gasteiger partial charge < -0.3 is 35.2 Å². The van der Waals surface area contributed by atoms with Gasteiger partial charge in [0.05, 0.1) is 13.2 Å². The summed E-state index contributed by atoms with van der Waals surface area (Å²) in [5.41, 5.74) is 0. The molecule has 17 heavy (non-hydrogen) atoms. The Hall–Kier alpha value is -0.930. The zero-order valence-electron chi connectivity index (χ0n) is 9.31. The van der Waals surface area contributed by atoms with Crippen LogP contribution in [0.25, 0.3) is 0 Å². The number of alkyl carbamates (subject to hydrolysis) is 1. The Kier molecular flexibility index (Phi) is 5.09. The average molecular weight is 251 g/mol. The van der Waals surface area contributed by atoms with E-state index in [9.17, 15) is 20.1 Å². The number of hydrogen-bond donors (Lipinski definition) is 5. The highest BCUT2D eigenvalue weighted by atomic mass is 16.6. The molecule has 0 aromatic carbocycles. The lowest BCUT2D eigenvalue weighted by molar-refractivity contribution is -0.253. The van der Waals surface area contributed by atoms with Crippen molar-refractivity contribution in [2.24, 2.45) is 0 Å². The molecule has 0 radical (unpaired) electrons. The Bertz CT molecular complexity index is 262. The van der Waals surface area contributed by atoms with Crippen LogP contribution in [0.4, 0.5) is 4.79 Å². The minimum atomic E-state index is -1.53. The molecule has 1 aliphatic heterocycles. The molecule has 5 N–H and O–H groups in total. The van der Waals surface area contributed by atoms with Crippen molar-refractivity contribution in [3.8, 4) is 0 Å². The Morgan fingerprint density at radius 1 is 1.35 bits per heavy atom. The topological polar surface area (TPSA) is 128 Å². The maximum absolute atomic E-state index is 11.1. The lowest BCUT2D eigenvalue weighted by Gasteiger charge is -2.39. The molecule has 0 aliphatic carbocycles. The van der Waals surface area contributed by atoms with Gasteiger partial charge in [0.25, 0.3) is 0 Å². The lowest BCUT2D eigenvalue weighted by atomic mass is 9.97. The van der Waals surface area contributed by atoms with Crippen molar-refractivity contribution in [3.63, 3.8) is 0 Å². The standard InChI is InChI=1S/C9H17NO7/c1-2-16-9(15)10-5-7(13)6(12)4(3-11)17-8(5)14/h4-8,11-14H,2-3H2,1H3,(H,10,15). The third-order valence-corrected chi connectivity index (χ3v) is 2.46. The Morgan fingerprint density at radius 3 is 2.53 bits per heavy atom. The van der Waals surface area contributed by atoms with Crippen molar-refractivity contribution < 1.29 is 34.7 Å². The predicted molar refractivity (Wildman–Crippen MR) is 53.9 cm³/mol. The molecule has 1 saturated heterocycles. The number of aliphatic hydroxyl groups is 4. The van der Waals surface area contributed by atoms with Gasteiger partial charge in [0.1, 0.15) is 24.4 Å². The first-order valence-corrected chi connectivity index (χ1v) is 5.25. The van der Waals surface area contributed by atoms with E-state index in [0.29, 0.717) is 0 Å². The number of nitrogens with one attached hydrogen (secondary N) is 1. The number of carbonyl (C=O) groups is 1. The zero-order chi connectivity index (χ0) is 13.0. The van der Waals surface area contributed by atoms with Crippen molar-refractivity contribution in [2.45, 2.75) is 37.6 Å². The van der Waals surface area contributed by atoms with Crippen molar-refractivity contribution >= 4 is 6.09 Å². The monoisotopic (exact) mass is 251 g/mol. The van der Waals surface area contributed by atoms with E-state index in [0.717, 1.165) is 0 Å². The third-order valence-electron chi connectivity index (χ3n) is 2.46. The summed E-state index contributed by atoms with van der Waals surface area (Å²) in [5.74, 6) is 0. The summed E-state index contributed by atoms with van der Waals surface area (Å²) < 4.78 is 9.41. The largest absolute Gasteiger partial charge is 0.450 e. The van der Waals surface area contributed by atoms with E-state index in [-0.39, 0.29) is 6.61 Å². The number of aliphatic hydroxyl groups excluding tert-OH is 4. The predicted octanol–water partition coefficient (Wildman–Crippen LogP) is -2.47. The molecule has 100 valence electrons. The molecule has 1 aliphatic rings. The van der Waals surface area contributed by atoms with Gasteiger partial charge in [0.2, 0.25) is 0 Å². The molecule has 1 fully saturated rings. The van der Waals surface area contributed by atoms with Gasteiger partial charge in [0.15, 0.2) is 6.29 Å². The van der Waals surface area contributed by atoms with E-state index in [1.165, 1.54) is 0 Å². The fourth-order valence-corrected chi connectivity index (χ4v) is 1.56. The van der Waals surface area contributed by atoms with Gasteiger partial charge in [-0.2, -0.15) is 0 Å². The van der Waals surface area contributed by atoms with Crippen molar-refractivity contribution in [2.75, 3.05) is 13.2 Å². The van der Waals surface area contributed by atoms with Gasteiger partial charge in [-0.25, -0.2) is 4.79 Å². The molecule has 8 nitrogen and oxygen atoms in total. The number of carbonyl (C=O) groups excluding carboxylic acids is 1. The summed E-state index contributed by atoms with van der Waals surface area (Å²) in [6.07, 6.45) is -6.33. The SMILES string of the molecule is CCOC(=O)NC1C(O)OC(CO)C(O)C1O. The highest BCUT2D eigenvalue weighted by Crippen LogP contribution is 2.19. The van der Waals surface area contributed by atoms with Crippen LogP contribution in [-0.4, -0.2) is 70.4 Å². The molecular weight excluding hydrogens is 234 g/mol. The maximum Gasteiger partial charge on any atom is 0.407 e. The van der Waals surface area contributed by atoms with Crippen molar-refractivity contribution in [3.05, 3.63) is 0 Å². The molecule has 1 heterocycles. The highest BCUT2D eigenvalue weighted by molar-refractivity contribution is 5.67. The molecule has 5 atom stereocenters. The van der Waals surface area contributed by atoms with Crippen LogP contribution in [0.2, 0.25) is 0 Å². The fraction of sp³-hybridized carbons (Fsp3) is 0.889. The van der Waals surface area contributed by atoms with Crippen LogP contribution >= 0.6 is 0 Å². The third kappa shape index (κ3) is 3.27. The van der Waals surface area contributed by atoms with E-state index in [2.05, 4.69) is 10.1 Å². The summed E-state index contributed by atoms with van der Waals surface area (Å²) in [6.45, 7) is 1.18. The maximum atomic E-state index is 11.1. The van der Waals surface area contributed by atoms with Gasteiger partial charge in [-0.15, -0.1) is 0 Å². The van der Waals surface area contributed by atoms with Gasteiger partial charge in [-0.1, -0.05) is 0 Å². The van der Waals surface area contributed by atoms with Crippen LogP contribution in [0.1, 0.15) is 6.92 Å². The van der Waals surface area contributed by atoms with Crippen LogP contribution in [0.3, 0.4) is 0 Å². The second-order valence-electron chi connectivity index (χ2n) is 3.62. The van der Waals surface area contributed by atoms with E-state index < -0.39 is 43.3 Å². The molecular formula is C9H17NO7. The summed E-state index contributed by atoms with van der Waals surface area (Å²) in [4.78, 5) is 11.1. The second kappa shape index (κ2) is 6.12. The van der Waals surface area contributed by atoms with E-state index >= 15 is 0 Å². The highest BCUT2D eigenvalue weighted by Gasteiger charge is 2.44. The number of hydrogen-bond acceptors (Lipinski definition) is 7. The first-order valence-electron chi connectivity index (χ1n) is 5.25. The number of rotatable bonds is 3. The van der Waals surface area contributed by atoms with Crippen LogP contribution in [-0.2, 0) is 9.47 Å². The minimum Gasteiger partial charge on any atom is -0.450 e. The van der Waals surface area contributed by atoms with Gasteiger partial charge in [0, 0.05) is 0 Å². The van der Waals surface area contributed by atoms with Crippen LogP contribution in [0.5, 0.6) is 0 Å². The summed E-state index contributed by atoms with van der Waals surface area (Å²) in [5, 5.41) is 39.7. The van der Waals surface area contributed by atoms with Gasteiger partial charge >= 0.3 is 6.09 Å². The lowest BCUT2D eigenvalue weighted by Crippen LogP contribution is -2.64. The van der Waals surface area contributed by atoms with Crippen molar-refractivity contribution in [1.82, 2.24) is 5.32 Å². The minimum absolute atomic E-state index is 0.132. The van der Waals surface area contributed by atoms with Crippen molar-refractivity contribution in [1.29, 1.82) is 0 Å². The average Bonchev–Trinajstić information content (AvgIpc) is 2.29. The van der Waals surface area contributed by atoms with E-state index in [1.807, 2.05) is 0 Å². The Morgan fingerprint density at radius 2 is 2.00 bits per heavy atom. The smallest absolute Gasteiger partial charge is 0.407 e. The molecule has 0 bridgehead atoms. The van der Waals surface area contributed by atoms with Gasteiger partial charge in [-0.3, -0.25) is 0 Å². The normalized spacial score (nSPS) is 37.6. The first-order chi connectivity index (χ1) is 8.01.